The molecule has 2 aliphatic rings. The Hall–Kier alpha value is -0.0800. The summed E-state index contributed by atoms with van der Waals surface area (Å²) in [4.78, 5) is 2.56. The van der Waals surface area contributed by atoms with Gasteiger partial charge in [0, 0.05) is 18.6 Å². The molecule has 3 atom stereocenters. The molecule has 2 heteroatoms. The third-order valence-electron chi connectivity index (χ3n) is 3.12. The van der Waals surface area contributed by atoms with E-state index in [0.29, 0.717) is 6.04 Å². The van der Waals surface area contributed by atoms with Crippen molar-refractivity contribution in [2.24, 2.45) is 11.7 Å². The summed E-state index contributed by atoms with van der Waals surface area (Å²) >= 11 is 0. The van der Waals surface area contributed by atoms with Gasteiger partial charge in [0.15, 0.2) is 0 Å². The zero-order valence-corrected chi connectivity index (χ0v) is 6.59. The minimum Gasteiger partial charge on any atom is -0.327 e. The van der Waals surface area contributed by atoms with Gasteiger partial charge in [0.05, 0.1) is 0 Å². The minimum absolute atomic E-state index is 0.521. The Labute approximate surface area is 62.4 Å². The van der Waals surface area contributed by atoms with Crippen LogP contribution in [0.3, 0.4) is 0 Å². The average Bonchev–Trinajstić information content (AvgIpc) is 2.44. The van der Waals surface area contributed by atoms with Gasteiger partial charge < -0.3 is 10.6 Å². The molecule has 0 aromatic carbocycles. The van der Waals surface area contributed by atoms with Crippen molar-refractivity contribution in [3.05, 3.63) is 0 Å². The lowest BCUT2D eigenvalue weighted by Gasteiger charge is -2.28. The Bertz CT molecular complexity index is 133. The van der Waals surface area contributed by atoms with E-state index < -0.39 is 0 Å². The van der Waals surface area contributed by atoms with Crippen LogP contribution in [0.15, 0.2) is 0 Å². The van der Waals surface area contributed by atoms with E-state index in [0.717, 1.165) is 12.0 Å². The first-order chi connectivity index (χ1) is 4.81. The number of nitrogens with two attached hydrogens (primary N) is 1. The molecule has 1 saturated carbocycles. The van der Waals surface area contributed by atoms with Crippen LogP contribution >= 0.6 is 0 Å². The highest BCUT2D eigenvalue weighted by Gasteiger charge is 2.41. The Morgan fingerprint density at radius 3 is 2.70 bits per heavy atom. The summed E-state index contributed by atoms with van der Waals surface area (Å²) in [6.45, 7) is 4.72. The van der Waals surface area contributed by atoms with E-state index in [-0.39, 0.29) is 0 Å². The van der Waals surface area contributed by atoms with Gasteiger partial charge >= 0.3 is 0 Å². The molecule has 1 aliphatic heterocycles. The Kier molecular flexibility index (Phi) is 1.46. The summed E-state index contributed by atoms with van der Waals surface area (Å²) in [5.74, 6) is 0.824. The molecule has 1 aliphatic carbocycles. The van der Waals surface area contributed by atoms with Crippen molar-refractivity contribution in [1.29, 1.82) is 0 Å². The van der Waals surface area contributed by atoms with Crippen molar-refractivity contribution < 1.29 is 0 Å². The minimum atomic E-state index is 0.521. The van der Waals surface area contributed by atoms with Crippen molar-refractivity contribution in [2.75, 3.05) is 13.1 Å². The van der Waals surface area contributed by atoms with Crippen LogP contribution in [0, 0.1) is 5.92 Å². The summed E-state index contributed by atoms with van der Waals surface area (Å²) in [5.41, 5.74) is 5.91. The van der Waals surface area contributed by atoms with Gasteiger partial charge in [-0.15, -0.1) is 0 Å². The molecule has 2 fully saturated rings. The second-order valence-corrected chi connectivity index (χ2v) is 3.64. The predicted octanol–water partition coefficient (Wildman–Crippen LogP) is 0.428. The van der Waals surface area contributed by atoms with Crippen molar-refractivity contribution in [3.8, 4) is 0 Å². The second-order valence-electron chi connectivity index (χ2n) is 3.64. The van der Waals surface area contributed by atoms with E-state index >= 15 is 0 Å². The van der Waals surface area contributed by atoms with Gasteiger partial charge in [-0.1, -0.05) is 6.92 Å². The molecule has 1 heterocycles. The molecule has 2 rings (SSSR count). The summed E-state index contributed by atoms with van der Waals surface area (Å²) in [6, 6.07) is 1.36. The van der Waals surface area contributed by atoms with Gasteiger partial charge in [-0.05, 0) is 25.3 Å². The molecule has 0 unspecified atom stereocenters. The zero-order valence-electron chi connectivity index (χ0n) is 6.59. The van der Waals surface area contributed by atoms with Crippen LogP contribution in [-0.2, 0) is 0 Å². The van der Waals surface area contributed by atoms with Crippen molar-refractivity contribution in [2.45, 2.75) is 31.8 Å². The summed E-state index contributed by atoms with van der Waals surface area (Å²) in [7, 11) is 0. The van der Waals surface area contributed by atoms with Crippen LogP contribution in [0.5, 0.6) is 0 Å². The fourth-order valence-corrected chi connectivity index (χ4v) is 2.47. The van der Waals surface area contributed by atoms with Gasteiger partial charge in [-0.2, -0.15) is 0 Å². The SMILES string of the molecule is CCN1C[C@H]2C[C@@H]1C[C@H]2N. The second kappa shape index (κ2) is 2.21. The Balaban J connectivity index is 2.02. The first-order valence-electron chi connectivity index (χ1n) is 4.31. The molecule has 0 aromatic rings. The topological polar surface area (TPSA) is 29.3 Å². The third-order valence-corrected chi connectivity index (χ3v) is 3.12. The van der Waals surface area contributed by atoms with E-state index in [2.05, 4.69) is 11.8 Å². The first-order valence-corrected chi connectivity index (χ1v) is 4.31. The molecule has 0 spiro atoms. The number of hydrogen-bond donors (Lipinski definition) is 1. The summed E-state index contributed by atoms with van der Waals surface area (Å²) in [6.07, 6.45) is 2.62. The zero-order chi connectivity index (χ0) is 7.14. The highest BCUT2D eigenvalue weighted by Crippen LogP contribution is 2.36. The van der Waals surface area contributed by atoms with Gasteiger partial charge in [0.2, 0.25) is 0 Å². The van der Waals surface area contributed by atoms with Crippen LogP contribution in [0.2, 0.25) is 0 Å². The average molecular weight is 140 g/mol. The largest absolute Gasteiger partial charge is 0.327 e. The maximum Gasteiger partial charge on any atom is 0.0114 e. The van der Waals surface area contributed by atoms with Gasteiger partial charge in [0.1, 0.15) is 0 Å². The van der Waals surface area contributed by atoms with Crippen molar-refractivity contribution in [1.82, 2.24) is 4.90 Å². The molecule has 2 nitrogen and oxygen atoms in total. The van der Waals surface area contributed by atoms with Crippen LogP contribution in [-0.4, -0.2) is 30.1 Å². The van der Waals surface area contributed by atoms with Crippen LogP contribution in [0.1, 0.15) is 19.8 Å². The number of piperidine rings is 1. The third kappa shape index (κ3) is 0.789. The molecule has 58 valence electrons. The highest BCUT2D eigenvalue weighted by molar-refractivity contribution is 4.98. The Morgan fingerprint density at radius 2 is 2.30 bits per heavy atom. The van der Waals surface area contributed by atoms with Crippen molar-refractivity contribution >= 4 is 0 Å². The molecule has 0 aromatic heterocycles. The molecular weight excluding hydrogens is 124 g/mol. The molecule has 0 amide bonds. The van der Waals surface area contributed by atoms with Gasteiger partial charge in [-0.25, -0.2) is 0 Å². The van der Waals surface area contributed by atoms with E-state index in [1.807, 2.05) is 0 Å². The monoisotopic (exact) mass is 140 g/mol. The van der Waals surface area contributed by atoms with Gasteiger partial charge in [-0.3, -0.25) is 0 Å². The van der Waals surface area contributed by atoms with Crippen LogP contribution in [0.25, 0.3) is 0 Å². The fourth-order valence-electron chi connectivity index (χ4n) is 2.47. The molecule has 0 radical (unpaired) electrons. The number of nitrogens with zero attached hydrogens (tertiary/aromatic N) is 1. The molecule has 10 heavy (non-hydrogen) atoms. The summed E-state index contributed by atoms with van der Waals surface area (Å²) in [5, 5.41) is 0. The van der Waals surface area contributed by atoms with E-state index in [9.17, 15) is 0 Å². The molecule has 1 saturated heterocycles. The van der Waals surface area contributed by atoms with E-state index in [4.69, 9.17) is 5.73 Å². The normalized spacial score (nSPS) is 46.8. The highest BCUT2D eigenvalue weighted by atomic mass is 15.2. The quantitative estimate of drug-likeness (QED) is 0.572. The molecule has 2 N–H and O–H groups in total. The maximum absolute atomic E-state index is 5.91. The standard InChI is InChI=1S/C8H16N2/c1-2-10-5-6-3-7(10)4-8(6)9/h6-8H,2-5,9H2,1H3/t6-,7-,8-/m1/s1. The molecular formula is C8H16N2. The van der Waals surface area contributed by atoms with E-state index in [1.165, 1.54) is 25.9 Å². The molecule has 2 bridgehead atoms. The number of fused-ring (bicyclic) bond motifs is 2. The predicted molar refractivity (Wildman–Crippen MR) is 41.7 cm³/mol. The van der Waals surface area contributed by atoms with E-state index in [1.54, 1.807) is 0 Å². The first kappa shape index (κ1) is 6.62. The lowest BCUT2D eigenvalue weighted by Crippen LogP contribution is -2.40. The number of rotatable bonds is 1. The lowest BCUT2D eigenvalue weighted by atomic mass is 10.0. The fraction of sp³-hybridized carbons (Fsp3) is 1.00. The number of hydrogen-bond acceptors (Lipinski definition) is 2. The smallest absolute Gasteiger partial charge is 0.0114 e. The van der Waals surface area contributed by atoms with Gasteiger partial charge in [0.25, 0.3) is 0 Å². The lowest BCUT2D eigenvalue weighted by molar-refractivity contribution is 0.210. The number of likely N-dealkylation sites (tertiary alicyclic amines) is 1. The van der Waals surface area contributed by atoms with Crippen LogP contribution in [0.4, 0.5) is 0 Å². The maximum atomic E-state index is 5.91. The van der Waals surface area contributed by atoms with Crippen LogP contribution < -0.4 is 5.73 Å². The summed E-state index contributed by atoms with van der Waals surface area (Å²) < 4.78 is 0. The van der Waals surface area contributed by atoms with Crippen molar-refractivity contribution in [3.63, 3.8) is 0 Å². The Morgan fingerprint density at radius 1 is 1.50 bits per heavy atom.